The number of rotatable bonds is 2. The lowest BCUT2D eigenvalue weighted by Gasteiger charge is -2.08. The van der Waals surface area contributed by atoms with Crippen molar-refractivity contribution >= 4 is 33.2 Å². The zero-order chi connectivity index (χ0) is 14.1. The maximum absolute atomic E-state index is 6.24. The number of hydrogen-bond donors (Lipinski definition) is 1. The number of aromatic nitrogens is 4. The number of nitrogens with zero attached hydrogens (tertiary/aromatic N) is 4. The SMILES string of the molecule is Nc1ccccc1-c1nnnn1-c1ccc(Br)cc1Cl. The summed E-state index contributed by atoms with van der Waals surface area (Å²) in [5.74, 6) is 0.548. The van der Waals surface area contributed by atoms with Crippen molar-refractivity contribution in [1.29, 1.82) is 0 Å². The summed E-state index contributed by atoms with van der Waals surface area (Å²) < 4.78 is 2.46. The zero-order valence-corrected chi connectivity index (χ0v) is 12.5. The summed E-state index contributed by atoms with van der Waals surface area (Å²) in [5, 5.41) is 12.3. The van der Waals surface area contributed by atoms with Gasteiger partial charge in [-0.3, -0.25) is 0 Å². The largest absolute Gasteiger partial charge is 0.398 e. The van der Waals surface area contributed by atoms with E-state index in [1.807, 2.05) is 30.3 Å². The molecule has 1 heterocycles. The molecule has 0 unspecified atom stereocenters. The molecule has 0 saturated heterocycles. The molecule has 0 aliphatic heterocycles. The fourth-order valence-corrected chi connectivity index (χ4v) is 2.62. The number of halogens is 2. The highest BCUT2D eigenvalue weighted by atomic mass is 79.9. The van der Waals surface area contributed by atoms with Gasteiger partial charge in [0.25, 0.3) is 0 Å². The van der Waals surface area contributed by atoms with Gasteiger partial charge < -0.3 is 5.73 Å². The van der Waals surface area contributed by atoms with Gasteiger partial charge in [-0.2, -0.15) is 4.68 Å². The van der Waals surface area contributed by atoms with Crippen LogP contribution >= 0.6 is 27.5 Å². The summed E-state index contributed by atoms with van der Waals surface area (Å²) in [5.41, 5.74) is 8.03. The standard InChI is InChI=1S/C13H9BrClN5/c14-8-5-6-12(10(15)7-8)20-13(17-18-19-20)9-3-1-2-4-11(9)16/h1-7H,16H2. The molecule has 0 bridgehead atoms. The second kappa shape index (κ2) is 5.22. The third kappa shape index (κ3) is 2.28. The van der Waals surface area contributed by atoms with E-state index in [1.165, 1.54) is 0 Å². The van der Waals surface area contributed by atoms with Crippen LogP contribution in [0.2, 0.25) is 5.02 Å². The molecule has 0 fully saturated rings. The molecule has 1 aromatic heterocycles. The van der Waals surface area contributed by atoms with E-state index in [0.717, 1.165) is 10.0 Å². The molecule has 100 valence electrons. The van der Waals surface area contributed by atoms with Crippen LogP contribution in [0, 0.1) is 0 Å². The first-order chi connectivity index (χ1) is 9.66. The number of nitrogens with two attached hydrogens (primary N) is 1. The Hall–Kier alpha value is -1.92. The molecule has 3 aromatic rings. The monoisotopic (exact) mass is 349 g/mol. The Morgan fingerprint density at radius 1 is 1.15 bits per heavy atom. The molecule has 0 aliphatic rings. The van der Waals surface area contributed by atoms with Gasteiger partial charge in [-0.25, -0.2) is 0 Å². The van der Waals surface area contributed by atoms with Crippen LogP contribution in [0.25, 0.3) is 17.1 Å². The quantitative estimate of drug-likeness (QED) is 0.720. The summed E-state index contributed by atoms with van der Waals surface area (Å²) in [7, 11) is 0. The lowest BCUT2D eigenvalue weighted by atomic mass is 10.1. The van der Waals surface area contributed by atoms with Crippen molar-refractivity contribution < 1.29 is 0 Å². The zero-order valence-electron chi connectivity index (χ0n) is 10.2. The lowest BCUT2D eigenvalue weighted by Crippen LogP contribution is -2.02. The minimum absolute atomic E-state index is 0.544. The van der Waals surface area contributed by atoms with Crippen LogP contribution in [0.4, 0.5) is 5.69 Å². The van der Waals surface area contributed by atoms with Gasteiger partial charge in [0, 0.05) is 15.7 Å². The van der Waals surface area contributed by atoms with Gasteiger partial charge in [0.15, 0.2) is 5.82 Å². The highest BCUT2D eigenvalue weighted by Crippen LogP contribution is 2.29. The van der Waals surface area contributed by atoms with Gasteiger partial charge >= 0.3 is 0 Å². The van der Waals surface area contributed by atoms with Crippen molar-refractivity contribution in [3.8, 4) is 17.1 Å². The number of nitrogen functional groups attached to an aromatic ring is 1. The van der Waals surface area contributed by atoms with E-state index in [9.17, 15) is 0 Å². The number of anilines is 1. The highest BCUT2D eigenvalue weighted by molar-refractivity contribution is 9.10. The molecule has 0 atom stereocenters. The van der Waals surface area contributed by atoms with Crippen LogP contribution in [0.5, 0.6) is 0 Å². The van der Waals surface area contributed by atoms with Crippen molar-refractivity contribution in [3.05, 3.63) is 52.0 Å². The van der Waals surface area contributed by atoms with E-state index >= 15 is 0 Å². The predicted octanol–water partition coefficient (Wildman–Crippen LogP) is 3.33. The second-order valence-electron chi connectivity index (χ2n) is 4.10. The van der Waals surface area contributed by atoms with Gasteiger partial charge in [0.05, 0.1) is 10.7 Å². The topological polar surface area (TPSA) is 69.6 Å². The average molecular weight is 351 g/mol. The summed E-state index contributed by atoms with van der Waals surface area (Å²) in [6.45, 7) is 0. The maximum atomic E-state index is 6.24. The number of benzene rings is 2. The Bertz CT molecular complexity index is 771. The minimum Gasteiger partial charge on any atom is -0.398 e. The molecule has 2 N–H and O–H groups in total. The lowest BCUT2D eigenvalue weighted by molar-refractivity contribution is 0.791. The normalized spacial score (nSPS) is 10.7. The third-order valence-electron chi connectivity index (χ3n) is 2.81. The first kappa shape index (κ1) is 13.1. The fraction of sp³-hybridized carbons (Fsp3) is 0. The molecule has 5 nitrogen and oxygen atoms in total. The Kier molecular flexibility index (Phi) is 3.42. The molecule has 7 heteroatoms. The van der Waals surface area contributed by atoms with Crippen LogP contribution in [-0.4, -0.2) is 20.2 Å². The number of para-hydroxylation sites is 1. The highest BCUT2D eigenvalue weighted by Gasteiger charge is 2.15. The molecule has 0 radical (unpaired) electrons. The van der Waals surface area contributed by atoms with E-state index in [2.05, 4.69) is 31.5 Å². The molecular weight excluding hydrogens is 342 g/mol. The van der Waals surface area contributed by atoms with Crippen LogP contribution < -0.4 is 5.73 Å². The van der Waals surface area contributed by atoms with Gasteiger partial charge in [-0.15, -0.1) is 5.10 Å². The van der Waals surface area contributed by atoms with Gasteiger partial charge in [-0.1, -0.05) is 39.7 Å². The fourth-order valence-electron chi connectivity index (χ4n) is 1.87. The molecule has 0 amide bonds. The third-order valence-corrected chi connectivity index (χ3v) is 3.61. The summed E-state index contributed by atoms with van der Waals surface area (Å²) in [4.78, 5) is 0. The van der Waals surface area contributed by atoms with E-state index < -0.39 is 0 Å². The summed E-state index contributed by atoms with van der Waals surface area (Å²) in [6.07, 6.45) is 0. The average Bonchev–Trinajstić information content (AvgIpc) is 2.88. The Labute approximate surface area is 128 Å². The first-order valence-electron chi connectivity index (χ1n) is 5.75. The van der Waals surface area contributed by atoms with Crippen LogP contribution in [-0.2, 0) is 0 Å². The number of tetrazole rings is 1. The first-order valence-corrected chi connectivity index (χ1v) is 6.92. The van der Waals surface area contributed by atoms with Crippen LogP contribution in [0.15, 0.2) is 46.9 Å². The van der Waals surface area contributed by atoms with Crippen molar-refractivity contribution in [2.75, 3.05) is 5.73 Å². The van der Waals surface area contributed by atoms with Crippen LogP contribution in [0.1, 0.15) is 0 Å². The molecule has 0 aliphatic carbocycles. The van der Waals surface area contributed by atoms with E-state index in [-0.39, 0.29) is 0 Å². The summed E-state index contributed by atoms with van der Waals surface area (Å²) in [6, 6.07) is 12.9. The molecule has 0 saturated carbocycles. The van der Waals surface area contributed by atoms with Gasteiger partial charge in [-0.05, 0) is 40.8 Å². The van der Waals surface area contributed by atoms with E-state index in [0.29, 0.717) is 22.2 Å². The van der Waals surface area contributed by atoms with Crippen LogP contribution in [0.3, 0.4) is 0 Å². The van der Waals surface area contributed by atoms with Gasteiger partial charge in [0.2, 0.25) is 0 Å². The van der Waals surface area contributed by atoms with Crippen molar-refractivity contribution in [2.45, 2.75) is 0 Å². The van der Waals surface area contributed by atoms with Gasteiger partial charge in [0.1, 0.15) is 0 Å². The number of hydrogen-bond acceptors (Lipinski definition) is 4. The van der Waals surface area contributed by atoms with Crippen molar-refractivity contribution in [3.63, 3.8) is 0 Å². The molecule has 3 rings (SSSR count). The second-order valence-corrected chi connectivity index (χ2v) is 5.42. The maximum Gasteiger partial charge on any atom is 0.189 e. The van der Waals surface area contributed by atoms with E-state index in [4.69, 9.17) is 17.3 Å². The predicted molar refractivity (Wildman–Crippen MR) is 81.7 cm³/mol. The Morgan fingerprint density at radius 2 is 1.95 bits per heavy atom. The van der Waals surface area contributed by atoms with Crippen molar-refractivity contribution in [1.82, 2.24) is 20.2 Å². The molecule has 20 heavy (non-hydrogen) atoms. The minimum atomic E-state index is 0.544. The molecule has 2 aromatic carbocycles. The Morgan fingerprint density at radius 3 is 2.70 bits per heavy atom. The summed E-state index contributed by atoms with van der Waals surface area (Å²) >= 11 is 9.61. The Balaban J connectivity index is 2.18. The van der Waals surface area contributed by atoms with E-state index in [1.54, 1.807) is 16.8 Å². The molecule has 0 spiro atoms. The molecular formula is C13H9BrClN5. The smallest absolute Gasteiger partial charge is 0.189 e. The van der Waals surface area contributed by atoms with Crippen molar-refractivity contribution in [2.24, 2.45) is 0 Å².